The highest BCUT2D eigenvalue weighted by atomic mass is 35.5. The van der Waals surface area contributed by atoms with Gasteiger partial charge < -0.3 is 5.32 Å². The summed E-state index contributed by atoms with van der Waals surface area (Å²) >= 11 is 12.3. The summed E-state index contributed by atoms with van der Waals surface area (Å²) in [5.74, 6) is 0.492. The van der Waals surface area contributed by atoms with E-state index in [2.05, 4.69) is 19.2 Å². The van der Waals surface area contributed by atoms with Gasteiger partial charge in [-0.1, -0.05) is 30.1 Å². The van der Waals surface area contributed by atoms with Crippen molar-refractivity contribution in [1.29, 1.82) is 0 Å². The Balaban J connectivity index is 2.32. The fourth-order valence-corrected chi connectivity index (χ4v) is 3.08. The average Bonchev–Trinajstić information content (AvgIpc) is 2.63. The zero-order valence-corrected chi connectivity index (χ0v) is 11.1. The monoisotopic (exact) mass is 257 g/mol. The fraction of sp³-hybridized carbons (Fsp3) is 0.538. The van der Waals surface area contributed by atoms with Gasteiger partial charge >= 0.3 is 0 Å². The number of halogens is 2. The first-order chi connectivity index (χ1) is 7.61. The average molecular weight is 258 g/mol. The molecule has 0 aromatic heterocycles. The molecule has 16 heavy (non-hydrogen) atoms. The second kappa shape index (κ2) is 4.95. The van der Waals surface area contributed by atoms with Crippen molar-refractivity contribution in [2.75, 3.05) is 0 Å². The fourth-order valence-electron chi connectivity index (χ4n) is 2.64. The Morgan fingerprint density at radius 1 is 1.38 bits per heavy atom. The van der Waals surface area contributed by atoms with Crippen LogP contribution in [0.5, 0.6) is 0 Å². The predicted octanol–water partition coefficient (Wildman–Crippen LogP) is 4.24. The molecule has 3 atom stereocenters. The lowest BCUT2D eigenvalue weighted by atomic mass is 9.90. The van der Waals surface area contributed by atoms with Crippen LogP contribution in [-0.4, -0.2) is 12.1 Å². The maximum atomic E-state index is 6.26. The molecular formula is C13H17Cl2N. The molecule has 1 N–H and O–H groups in total. The maximum absolute atomic E-state index is 6.26. The van der Waals surface area contributed by atoms with Crippen LogP contribution in [0.2, 0.25) is 10.0 Å². The third-order valence-corrected chi connectivity index (χ3v) is 3.97. The first kappa shape index (κ1) is 12.2. The molecule has 88 valence electrons. The summed E-state index contributed by atoms with van der Waals surface area (Å²) in [7, 11) is 0. The van der Waals surface area contributed by atoms with Crippen molar-refractivity contribution in [2.45, 2.75) is 44.7 Å². The number of rotatable bonds is 2. The van der Waals surface area contributed by atoms with E-state index in [-0.39, 0.29) is 0 Å². The third-order valence-electron chi connectivity index (χ3n) is 3.39. The molecule has 2 rings (SSSR count). The predicted molar refractivity (Wildman–Crippen MR) is 70.5 cm³/mol. The Hall–Kier alpha value is -0.240. The second-order valence-electron chi connectivity index (χ2n) is 4.59. The molecule has 1 nitrogen and oxygen atoms in total. The SMILES string of the molecule is CCC1NC(C)CC1c1cc(Cl)ccc1Cl. The summed E-state index contributed by atoms with van der Waals surface area (Å²) < 4.78 is 0. The molecule has 0 amide bonds. The molecule has 0 bridgehead atoms. The molecule has 1 aromatic carbocycles. The first-order valence-electron chi connectivity index (χ1n) is 5.82. The Kier molecular flexibility index (Phi) is 3.78. The lowest BCUT2D eigenvalue weighted by molar-refractivity contribution is 0.517. The molecule has 1 aliphatic heterocycles. The summed E-state index contributed by atoms with van der Waals surface area (Å²) in [6.45, 7) is 4.43. The highest BCUT2D eigenvalue weighted by molar-refractivity contribution is 6.33. The van der Waals surface area contributed by atoms with Gasteiger partial charge in [-0.25, -0.2) is 0 Å². The smallest absolute Gasteiger partial charge is 0.0442 e. The van der Waals surface area contributed by atoms with Gasteiger partial charge in [-0.05, 0) is 43.5 Å². The Labute approximate surface area is 107 Å². The molecule has 3 unspecified atom stereocenters. The molecular weight excluding hydrogens is 241 g/mol. The highest BCUT2D eigenvalue weighted by Gasteiger charge is 2.32. The minimum absolute atomic E-state index is 0.492. The van der Waals surface area contributed by atoms with Crippen molar-refractivity contribution in [3.8, 4) is 0 Å². The second-order valence-corrected chi connectivity index (χ2v) is 5.43. The number of nitrogens with one attached hydrogen (secondary N) is 1. The van der Waals surface area contributed by atoms with Crippen LogP contribution in [0.15, 0.2) is 18.2 Å². The largest absolute Gasteiger partial charge is 0.311 e. The topological polar surface area (TPSA) is 12.0 Å². The van der Waals surface area contributed by atoms with Gasteiger partial charge in [0.25, 0.3) is 0 Å². The number of hydrogen-bond acceptors (Lipinski definition) is 1. The Morgan fingerprint density at radius 2 is 2.12 bits per heavy atom. The van der Waals surface area contributed by atoms with E-state index >= 15 is 0 Å². The van der Waals surface area contributed by atoms with Crippen molar-refractivity contribution < 1.29 is 0 Å². The van der Waals surface area contributed by atoms with Gasteiger partial charge in [-0.15, -0.1) is 0 Å². The molecule has 1 aliphatic rings. The van der Waals surface area contributed by atoms with Crippen LogP contribution in [-0.2, 0) is 0 Å². The van der Waals surface area contributed by atoms with Gasteiger partial charge in [0.2, 0.25) is 0 Å². The van der Waals surface area contributed by atoms with Gasteiger partial charge in [0.15, 0.2) is 0 Å². The van der Waals surface area contributed by atoms with E-state index in [9.17, 15) is 0 Å². The van der Waals surface area contributed by atoms with Crippen LogP contribution in [0, 0.1) is 0 Å². The van der Waals surface area contributed by atoms with Gasteiger partial charge in [-0.3, -0.25) is 0 Å². The first-order valence-corrected chi connectivity index (χ1v) is 6.58. The van der Waals surface area contributed by atoms with E-state index in [0.717, 1.165) is 22.9 Å². The molecule has 1 heterocycles. The molecule has 1 fully saturated rings. The van der Waals surface area contributed by atoms with E-state index in [1.807, 2.05) is 18.2 Å². The third kappa shape index (κ3) is 2.37. The van der Waals surface area contributed by atoms with Crippen LogP contribution in [0.25, 0.3) is 0 Å². The van der Waals surface area contributed by atoms with Crippen molar-refractivity contribution >= 4 is 23.2 Å². The van der Waals surface area contributed by atoms with Crippen molar-refractivity contribution in [3.63, 3.8) is 0 Å². The molecule has 3 heteroatoms. The van der Waals surface area contributed by atoms with Crippen molar-refractivity contribution in [2.24, 2.45) is 0 Å². The van der Waals surface area contributed by atoms with Crippen LogP contribution in [0.1, 0.15) is 38.2 Å². The van der Waals surface area contributed by atoms with E-state index in [4.69, 9.17) is 23.2 Å². The molecule has 0 radical (unpaired) electrons. The maximum Gasteiger partial charge on any atom is 0.0442 e. The zero-order valence-electron chi connectivity index (χ0n) is 9.63. The van der Waals surface area contributed by atoms with Gasteiger partial charge in [0.05, 0.1) is 0 Å². The van der Waals surface area contributed by atoms with E-state index in [1.54, 1.807) is 0 Å². The summed E-state index contributed by atoms with van der Waals surface area (Å²) in [6.07, 6.45) is 2.26. The van der Waals surface area contributed by atoms with Crippen LogP contribution in [0.4, 0.5) is 0 Å². The van der Waals surface area contributed by atoms with Crippen LogP contribution in [0.3, 0.4) is 0 Å². The normalized spacial score (nSPS) is 29.6. The molecule has 1 aromatic rings. The molecule has 0 aliphatic carbocycles. The highest BCUT2D eigenvalue weighted by Crippen LogP contribution is 2.37. The van der Waals surface area contributed by atoms with Crippen molar-refractivity contribution in [1.82, 2.24) is 5.32 Å². The summed E-state index contributed by atoms with van der Waals surface area (Å²) in [5.41, 5.74) is 1.19. The quantitative estimate of drug-likeness (QED) is 0.836. The summed E-state index contributed by atoms with van der Waals surface area (Å²) in [6, 6.07) is 6.84. The van der Waals surface area contributed by atoms with Gasteiger partial charge in [0.1, 0.15) is 0 Å². The summed E-state index contributed by atoms with van der Waals surface area (Å²) in [5, 5.41) is 5.21. The van der Waals surface area contributed by atoms with Crippen molar-refractivity contribution in [3.05, 3.63) is 33.8 Å². The zero-order chi connectivity index (χ0) is 11.7. The number of hydrogen-bond donors (Lipinski definition) is 1. The van der Waals surface area contributed by atoms with E-state index in [1.165, 1.54) is 5.56 Å². The lowest BCUT2D eigenvalue weighted by Gasteiger charge is -2.19. The van der Waals surface area contributed by atoms with Crippen LogP contribution >= 0.6 is 23.2 Å². The molecule has 0 spiro atoms. The van der Waals surface area contributed by atoms with E-state index < -0.39 is 0 Å². The standard InChI is InChI=1S/C13H17Cl2N/c1-3-13-11(6-8(2)16-13)10-7-9(14)4-5-12(10)15/h4-5,7-8,11,13,16H,3,6H2,1-2H3. The Bertz CT molecular complexity index is 378. The minimum Gasteiger partial charge on any atom is -0.311 e. The van der Waals surface area contributed by atoms with Gasteiger partial charge in [0, 0.05) is 28.0 Å². The molecule has 1 saturated heterocycles. The van der Waals surface area contributed by atoms with Gasteiger partial charge in [-0.2, -0.15) is 0 Å². The van der Waals surface area contributed by atoms with Crippen LogP contribution < -0.4 is 5.32 Å². The van der Waals surface area contributed by atoms with E-state index in [0.29, 0.717) is 18.0 Å². The lowest BCUT2D eigenvalue weighted by Crippen LogP contribution is -2.28. The Morgan fingerprint density at radius 3 is 2.81 bits per heavy atom. The molecule has 0 saturated carbocycles. The summed E-state index contributed by atoms with van der Waals surface area (Å²) in [4.78, 5) is 0. The number of benzene rings is 1. The minimum atomic E-state index is 0.492.